The largest absolute Gasteiger partial charge is 0.330 e. The minimum atomic E-state index is -0.393. The summed E-state index contributed by atoms with van der Waals surface area (Å²) >= 11 is 0. The first-order chi connectivity index (χ1) is 10.7. The van der Waals surface area contributed by atoms with Crippen LogP contribution < -0.4 is 10.2 Å². The molecule has 1 heterocycles. The van der Waals surface area contributed by atoms with Gasteiger partial charge in [0.1, 0.15) is 12.4 Å². The Balaban J connectivity index is 1.51. The van der Waals surface area contributed by atoms with Crippen LogP contribution >= 0.6 is 0 Å². The summed E-state index contributed by atoms with van der Waals surface area (Å²) < 4.78 is 13.5. The van der Waals surface area contributed by atoms with Crippen LogP contribution in [0.2, 0.25) is 0 Å². The molecule has 114 valence electrons. The quantitative estimate of drug-likeness (QED) is 0.887. The van der Waals surface area contributed by atoms with E-state index in [1.54, 1.807) is 18.2 Å². The van der Waals surface area contributed by atoms with E-state index in [1.165, 1.54) is 22.1 Å². The van der Waals surface area contributed by atoms with Gasteiger partial charge in [-0.2, -0.15) is 0 Å². The molecule has 4 heteroatoms. The maximum atomic E-state index is 13.5. The number of amides is 1. The topological polar surface area (TPSA) is 33.5 Å². The Kier molecular flexibility index (Phi) is 4.49. The Bertz CT molecular complexity index is 672. The summed E-state index contributed by atoms with van der Waals surface area (Å²) in [6.07, 6.45) is 1.46. The molecule has 1 unspecified atom stereocenters. The van der Waals surface area contributed by atoms with Crippen molar-refractivity contribution in [3.63, 3.8) is 0 Å². The van der Waals surface area contributed by atoms with E-state index >= 15 is 0 Å². The number of fused-ring (bicyclic) bond motifs is 1. The van der Waals surface area contributed by atoms with Crippen molar-refractivity contribution in [3.05, 3.63) is 65.5 Å². The molecule has 1 atom stereocenters. The van der Waals surface area contributed by atoms with Crippen molar-refractivity contribution >= 4 is 11.6 Å². The van der Waals surface area contributed by atoms with Gasteiger partial charge in [0.05, 0.1) is 25.2 Å². The van der Waals surface area contributed by atoms with Crippen molar-refractivity contribution in [1.82, 2.24) is 0 Å². The van der Waals surface area contributed by atoms with Crippen molar-refractivity contribution in [2.24, 2.45) is 0 Å². The molecule has 2 N–H and O–H groups in total. The van der Waals surface area contributed by atoms with Crippen molar-refractivity contribution in [1.29, 1.82) is 0 Å². The fourth-order valence-electron chi connectivity index (χ4n) is 2.92. The maximum absolute atomic E-state index is 13.5. The van der Waals surface area contributed by atoms with E-state index in [9.17, 15) is 9.18 Å². The van der Waals surface area contributed by atoms with E-state index in [1.807, 2.05) is 0 Å². The summed E-state index contributed by atoms with van der Waals surface area (Å²) in [4.78, 5) is 13.4. The molecule has 0 radical (unpaired) electrons. The molecule has 2 aromatic rings. The maximum Gasteiger partial charge on any atom is 0.230 e. The lowest BCUT2D eigenvalue weighted by molar-refractivity contribution is -0.915. The molecule has 0 saturated carbocycles. The van der Waals surface area contributed by atoms with E-state index in [4.69, 9.17) is 0 Å². The van der Waals surface area contributed by atoms with Crippen LogP contribution in [0.25, 0.3) is 0 Å². The zero-order chi connectivity index (χ0) is 15.4. The van der Waals surface area contributed by atoms with E-state index in [2.05, 4.69) is 29.6 Å². The van der Waals surface area contributed by atoms with Gasteiger partial charge in [0.2, 0.25) is 5.91 Å². The summed E-state index contributed by atoms with van der Waals surface area (Å²) in [7, 11) is 0. The number of hydrogen-bond acceptors (Lipinski definition) is 1. The minimum Gasteiger partial charge on any atom is -0.330 e. The number of hydrogen-bond donors (Lipinski definition) is 2. The molecule has 0 aromatic heterocycles. The zero-order valence-corrected chi connectivity index (χ0v) is 12.4. The third-order valence-corrected chi connectivity index (χ3v) is 4.16. The molecule has 1 aliphatic heterocycles. The molecule has 3 rings (SSSR count). The molecule has 0 aliphatic carbocycles. The van der Waals surface area contributed by atoms with Crippen molar-refractivity contribution in [2.75, 3.05) is 18.4 Å². The Morgan fingerprint density at radius 3 is 2.64 bits per heavy atom. The molecule has 3 nitrogen and oxygen atoms in total. The average molecular weight is 299 g/mol. The van der Waals surface area contributed by atoms with Crippen LogP contribution in [0, 0.1) is 5.82 Å². The number of rotatable bonds is 4. The van der Waals surface area contributed by atoms with E-state index in [0.717, 1.165) is 26.1 Å². The number of benzene rings is 2. The summed E-state index contributed by atoms with van der Waals surface area (Å²) in [6, 6.07) is 14.7. The molecule has 0 bridgehead atoms. The molecule has 1 amide bonds. The fraction of sp³-hybridized carbons (Fsp3) is 0.278. The van der Waals surface area contributed by atoms with Crippen molar-refractivity contribution in [2.45, 2.75) is 19.4 Å². The second-order valence-corrected chi connectivity index (χ2v) is 5.72. The minimum absolute atomic E-state index is 0.128. The van der Waals surface area contributed by atoms with Gasteiger partial charge >= 0.3 is 0 Å². The lowest BCUT2D eigenvalue weighted by atomic mass is 10.00. The van der Waals surface area contributed by atoms with Gasteiger partial charge in [-0.25, -0.2) is 4.39 Å². The number of carbonyl (C=O) groups is 1. The smallest absolute Gasteiger partial charge is 0.230 e. The second kappa shape index (κ2) is 6.71. The van der Waals surface area contributed by atoms with Crippen LogP contribution in [0.15, 0.2) is 48.5 Å². The van der Waals surface area contributed by atoms with Crippen LogP contribution in [-0.2, 0) is 17.8 Å². The summed E-state index contributed by atoms with van der Waals surface area (Å²) in [5.41, 5.74) is 3.05. The van der Waals surface area contributed by atoms with Gasteiger partial charge < -0.3 is 10.2 Å². The Hall–Kier alpha value is -2.20. The van der Waals surface area contributed by atoms with Gasteiger partial charge in [-0.05, 0) is 17.7 Å². The van der Waals surface area contributed by atoms with Gasteiger partial charge in [0.25, 0.3) is 0 Å². The highest BCUT2D eigenvalue weighted by Crippen LogP contribution is 2.12. The molecule has 22 heavy (non-hydrogen) atoms. The molecular weight excluding hydrogens is 279 g/mol. The summed E-state index contributed by atoms with van der Waals surface area (Å²) in [5, 5.41) is 2.64. The monoisotopic (exact) mass is 299 g/mol. The number of carbonyl (C=O) groups excluding carboxylic acids is 1. The highest BCUT2D eigenvalue weighted by molar-refractivity contribution is 5.90. The number of nitrogens with one attached hydrogen (secondary N) is 2. The Morgan fingerprint density at radius 2 is 1.82 bits per heavy atom. The van der Waals surface area contributed by atoms with Gasteiger partial charge in [-0.15, -0.1) is 0 Å². The van der Waals surface area contributed by atoms with Gasteiger partial charge in [0, 0.05) is 12.0 Å². The third kappa shape index (κ3) is 3.52. The molecular formula is C18H20FN2O+. The predicted molar refractivity (Wildman–Crippen MR) is 84.2 cm³/mol. The SMILES string of the molecule is O=C(CC[NH+]1CCc2ccccc2C1)Nc1ccccc1F. The third-order valence-electron chi connectivity index (χ3n) is 4.16. The van der Waals surface area contributed by atoms with E-state index in [-0.39, 0.29) is 11.6 Å². The molecule has 1 aliphatic rings. The lowest BCUT2D eigenvalue weighted by Crippen LogP contribution is -3.11. The number of quaternary nitrogens is 1. The average Bonchev–Trinajstić information content (AvgIpc) is 2.55. The zero-order valence-electron chi connectivity index (χ0n) is 12.4. The van der Waals surface area contributed by atoms with Gasteiger partial charge in [0.15, 0.2) is 0 Å². The second-order valence-electron chi connectivity index (χ2n) is 5.72. The number of para-hydroxylation sites is 1. The van der Waals surface area contributed by atoms with Crippen LogP contribution in [0.5, 0.6) is 0 Å². The highest BCUT2D eigenvalue weighted by Gasteiger charge is 2.19. The van der Waals surface area contributed by atoms with Gasteiger partial charge in [-0.3, -0.25) is 4.79 Å². The molecule has 2 aromatic carbocycles. The molecule has 0 spiro atoms. The summed E-state index contributed by atoms with van der Waals surface area (Å²) in [6.45, 7) is 2.78. The molecule has 0 saturated heterocycles. The van der Waals surface area contributed by atoms with Crippen LogP contribution in [0.4, 0.5) is 10.1 Å². The van der Waals surface area contributed by atoms with Crippen molar-refractivity contribution < 1.29 is 14.1 Å². The first-order valence-corrected chi connectivity index (χ1v) is 7.67. The molecule has 0 fully saturated rings. The van der Waals surface area contributed by atoms with Crippen LogP contribution in [0.3, 0.4) is 0 Å². The predicted octanol–water partition coefficient (Wildman–Crippen LogP) is 1.80. The van der Waals surface area contributed by atoms with E-state index < -0.39 is 5.82 Å². The summed E-state index contributed by atoms with van der Waals surface area (Å²) in [5.74, 6) is -0.522. The van der Waals surface area contributed by atoms with Crippen molar-refractivity contribution in [3.8, 4) is 0 Å². The Labute approximate surface area is 129 Å². The normalized spacial score (nSPS) is 16.9. The van der Waals surface area contributed by atoms with Crippen LogP contribution in [-0.4, -0.2) is 19.0 Å². The number of anilines is 1. The fourth-order valence-corrected chi connectivity index (χ4v) is 2.92. The number of halogens is 1. The first kappa shape index (κ1) is 14.7. The van der Waals surface area contributed by atoms with Crippen LogP contribution in [0.1, 0.15) is 17.5 Å². The lowest BCUT2D eigenvalue weighted by Gasteiger charge is -2.25. The first-order valence-electron chi connectivity index (χ1n) is 7.67. The van der Waals surface area contributed by atoms with Gasteiger partial charge in [-0.1, -0.05) is 36.4 Å². The standard InChI is InChI=1S/C18H19FN2O/c19-16-7-3-4-8-17(16)20-18(22)10-12-21-11-9-14-5-1-2-6-15(14)13-21/h1-8H,9-13H2,(H,20,22)/p+1. The van der Waals surface area contributed by atoms with E-state index in [0.29, 0.717) is 6.42 Å². The Morgan fingerprint density at radius 1 is 1.09 bits per heavy atom. The highest BCUT2D eigenvalue weighted by atomic mass is 19.1.